The molecule has 1 aliphatic rings. The Bertz CT molecular complexity index is 183. The third-order valence-corrected chi connectivity index (χ3v) is 2.31. The summed E-state index contributed by atoms with van der Waals surface area (Å²) in [4.78, 5) is 13.2. The molecular weight excluding hydrogens is 152 g/mol. The van der Waals surface area contributed by atoms with E-state index in [-0.39, 0.29) is 17.4 Å². The molecule has 0 bridgehead atoms. The van der Waals surface area contributed by atoms with Gasteiger partial charge in [-0.05, 0) is 26.7 Å². The van der Waals surface area contributed by atoms with Crippen molar-refractivity contribution in [2.75, 3.05) is 13.6 Å². The van der Waals surface area contributed by atoms with Gasteiger partial charge in [0.1, 0.15) is 0 Å². The molecule has 3 heteroatoms. The van der Waals surface area contributed by atoms with Crippen molar-refractivity contribution < 1.29 is 4.79 Å². The maximum Gasteiger partial charge on any atom is 0.225 e. The number of hydrogen-bond acceptors (Lipinski definition) is 2. The van der Waals surface area contributed by atoms with Gasteiger partial charge < -0.3 is 10.6 Å². The lowest BCUT2D eigenvalue weighted by Crippen LogP contribution is -2.36. The molecule has 0 aromatic heterocycles. The highest BCUT2D eigenvalue weighted by molar-refractivity contribution is 5.80. The van der Waals surface area contributed by atoms with Crippen LogP contribution in [0.4, 0.5) is 0 Å². The Morgan fingerprint density at radius 1 is 1.67 bits per heavy atom. The van der Waals surface area contributed by atoms with Gasteiger partial charge in [0.2, 0.25) is 5.91 Å². The Kier molecular flexibility index (Phi) is 2.42. The van der Waals surface area contributed by atoms with Gasteiger partial charge in [-0.1, -0.05) is 0 Å². The highest BCUT2D eigenvalue weighted by atomic mass is 16.2. The molecule has 1 saturated heterocycles. The Balaban J connectivity index is 2.50. The number of amides is 1. The standard InChI is InChI=1S/C9H18N2O/c1-9(2,10)6-7-4-5-11(3)8(7)12/h7H,4-6,10H2,1-3H3. The van der Waals surface area contributed by atoms with Crippen molar-refractivity contribution in [3.63, 3.8) is 0 Å². The van der Waals surface area contributed by atoms with Crippen molar-refractivity contribution in [2.45, 2.75) is 32.2 Å². The van der Waals surface area contributed by atoms with Gasteiger partial charge in [-0.25, -0.2) is 0 Å². The van der Waals surface area contributed by atoms with E-state index in [0.29, 0.717) is 0 Å². The van der Waals surface area contributed by atoms with Gasteiger partial charge in [-0.2, -0.15) is 0 Å². The summed E-state index contributed by atoms with van der Waals surface area (Å²) in [5, 5.41) is 0. The fourth-order valence-electron chi connectivity index (χ4n) is 1.72. The second-order valence-electron chi connectivity index (χ2n) is 4.44. The third-order valence-electron chi connectivity index (χ3n) is 2.31. The average Bonchev–Trinajstić information content (AvgIpc) is 2.16. The summed E-state index contributed by atoms with van der Waals surface area (Å²) in [5.41, 5.74) is 5.64. The predicted molar refractivity (Wildman–Crippen MR) is 48.6 cm³/mol. The fraction of sp³-hybridized carbons (Fsp3) is 0.889. The highest BCUT2D eigenvalue weighted by Gasteiger charge is 2.32. The van der Waals surface area contributed by atoms with E-state index in [2.05, 4.69) is 0 Å². The van der Waals surface area contributed by atoms with E-state index in [1.165, 1.54) is 0 Å². The van der Waals surface area contributed by atoms with E-state index in [0.717, 1.165) is 19.4 Å². The molecule has 0 spiro atoms. The zero-order chi connectivity index (χ0) is 9.35. The lowest BCUT2D eigenvalue weighted by molar-refractivity contribution is -0.130. The van der Waals surface area contributed by atoms with Gasteiger partial charge in [-0.3, -0.25) is 4.79 Å². The summed E-state index contributed by atoms with van der Waals surface area (Å²) in [6, 6.07) is 0. The number of carbonyl (C=O) groups excluding carboxylic acids is 1. The Morgan fingerprint density at radius 3 is 2.58 bits per heavy atom. The minimum absolute atomic E-state index is 0.162. The van der Waals surface area contributed by atoms with Crippen LogP contribution < -0.4 is 5.73 Å². The topological polar surface area (TPSA) is 46.3 Å². The Labute approximate surface area is 73.9 Å². The fourth-order valence-corrected chi connectivity index (χ4v) is 1.72. The summed E-state index contributed by atoms with van der Waals surface area (Å²) >= 11 is 0. The second kappa shape index (κ2) is 3.05. The van der Waals surface area contributed by atoms with Crippen molar-refractivity contribution in [2.24, 2.45) is 11.7 Å². The van der Waals surface area contributed by atoms with Gasteiger partial charge in [0, 0.05) is 25.0 Å². The summed E-state index contributed by atoms with van der Waals surface area (Å²) in [7, 11) is 1.85. The van der Waals surface area contributed by atoms with Crippen LogP contribution in [0.2, 0.25) is 0 Å². The first kappa shape index (κ1) is 9.52. The van der Waals surface area contributed by atoms with Gasteiger partial charge >= 0.3 is 0 Å². The van der Waals surface area contributed by atoms with E-state index < -0.39 is 0 Å². The molecule has 12 heavy (non-hydrogen) atoms. The van der Waals surface area contributed by atoms with Crippen molar-refractivity contribution in [1.82, 2.24) is 4.90 Å². The number of hydrogen-bond donors (Lipinski definition) is 1. The van der Waals surface area contributed by atoms with E-state index >= 15 is 0 Å². The lowest BCUT2D eigenvalue weighted by atomic mass is 9.90. The molecule has 1 fully saturated rings. The van der Waals surface area contributed by atoms with Crippen LogP contribution in [0.5, 0.6) is 0 Å². The van der Waals surface area contributed by atoms with Crippen LogP contribution in [-0.2, 0) is 4.79 Å². The molecule has 2 N–H and O–H groups in total. The first-order chi connectivity index (χ1) is 5.40. The first-order valence-corrected chi connectivity index (χ1v) is 4.44. The number of likely N-dealkylation sites (tertiary alicyclic amines) is 1. The molecule has 0 radical (unpaired) electrons. The number of nitrogens with two attached hydrogens (primary N) is 1. The molecule has 0 saturated carbocycles. The monoisotopic (exact) mass is 170 g/mol. The van der Waals surface area contributed by atoms with Gasteiger partial charge in [-0.15, -0.1) is 0 Å². The van der Waals surface area contributed by atoms with Crippen LogP contribution in [0, 0.1) is 5.92 Å². The first-order valence-electron chi connectivity index (χ1n) is 4.44. The molecule has 1 unspecified atom stereocenters. The molecule has 3 nitrogen and oxygen atoms in total. The average molecular weight is 170 g/mol. The molecule has 1 heterocycles. The summed E-state index contributed by atoms with van der Waals surface area (Å²) in [6.45, 7) is 4.83. The summed E-state index contributed by atoms with van der Waals surface area (Å²) < 4.78 is 0. The van der Waals surface area contributed by atoms with E-state index in [9.17, 15) is 4.79 Å². The molecule has 1 aliphatic heterocycles. The van der Waals surface area contributed by atoms with Crippen molar-refractivity contribution >= 4 is 5.91 Å². The van der Waals surface area contributed by atoms with Crippen molar-refractivity contribution in [3.8, 4) is 0 Å². The van der Waals surface area contributed by atoms with E-state index in [4.69, 9.17) is 5.73 Å². The van der Waals surface area contributed by atoms with Crippen LogP contribution in [0.15, 0.2) is 0 Å². The molecule has 1 rings (SSSR count). The predicted octanol–water partition coefficient (Wildman–Crippen LogP) is 0.592. The molecule has 0 aromatic rings. The van der Waals surface area contributed by atoms with Crippen LogP contribution in [-0.4, -0.2) is 29.9 Å². The molecule has 0 aromatic carbocycles. The summed E-state index contributed by atoms with van der Waals surface area (Å²) in [5.74, 6) is 0.420. The summed E-state index contributed by atoms with van der Waals surface area (Å²) in [6.07, 6.45) is 1.77. The van der Waals surface area contributed by atoms with Crippen LogP contribution >= 0.6 is 0 Å². The maximum absolute atomic E-state index is 11.5. The van der Waals surface area contributed by atoms with Crippen LogP contribution in [0.25, 0.3) is 0 Å². The quantitative estimate of drug-likeness (QED) is 0.659. The van der Waals surface area contributed by atoms with Gasteiger partial charge in [0.05, 0.1) is 0 Å². The molecular formula is C9H18N2O. The number of carbonyl (C=O) groups is 1. The third kappa shape index (κ3) is 2.21. The van der Waals surface area contributed by atoms with Gasteiger partial charge in [0.15, 0.2) is 0 Å². The Morgan fingerprint density at radius 2 is 2.25 bits per heavy atom. The smallest absolute Gasteiger partial charge is 0.225 e. The number of nitrogens with zero attached hydrogens (tertiary/aromatic N) is 1. The Hall–Kier alpha value is -0.570. The minimum Gasteiger partial charge on any atom is -0.345 e. The normalized spacial score (nSPS) is 25.2. The van der Waals surface area contributed by atoms with Crippen molar-refractivity contribution in [3.05, 3.63) is 0 Å². The highest BCUT2D eigenvalue weighted by Crippen LogP contribution is 2.24. The van der Waals surface area contributed by atoms with Crippen LogP contribution in [0.1, 0.15) is 26.7 Å². The minimum atomic E-state index is -0.217. The molecule has 70 valence electrons. The van der Waals surface area contributed by atoms with Crippen molar-refractivity contribution in [1.29, 1.82) is 0 Å². The van der Waals surface area contributed by atoms with Gasteiger partial charge in [0.25, 0.3) is 0 Å². The molecule has 1 atom stereocenters. The maximum atomic E-state index is 11.5. The number of rotatable bonds is 2. The largest absolute Gasteiger partial charge is 0.345 e. The zero-order valence-corrected chi connectivity index (χ0v) is 8.13. The van der Waals surface area contributed by atoms with E-state index in [1.54, 1.807) is 4.90 Å². The van der Waals surface area contributed by atoms with Crippen LogP contribution in [0.3, 0.4) is 0 Å². The lowest BCUT2D eigenvalue weighted by Gasteiger charge is -2.21. The molecule has 0 aliphatic carbocycles. The van der Waals surface area contributed by atoms with E-state index in [1.807, 2.05) is 20.9 Å². The second-order valence-corrected chi connectivity index (χ2v) is 4.44. The molecule has 1 amide bonds. The zero-order valence-electron chi connectivity index (χ0n) is 8.13. The SMILES string of the molecule is CN1CCC(CC(C)(C)N)C1=O.